The molecule has 88 valence electrons. The summed E-state index contributed by atoms with van der Waals surface area (Å²) < 4.78 is 4.47. The Morgan fingerprint density at radius 1 is 1.62 bits per heavy atom. The molecule has 0 saturated heterocycles. The molecule has 16 heavy (non-hydrogen) atoms. The first-order chi connectivity index (χ1) is 7.61. The first-order valence-electron chi connectivity index (χ1n) is 4.58. The van der Waals surface area contributed by atoms with Crippen molar-refractivity contribution in [3.05, 3.63) is 11.1 Å². The van der Waals surface area contributed by atoms with Crippen LogP contribution in [0.15, 0.2) is 5.38 Å². The molecule has 1 aromatic heterocycles. The number of thiazole rings is 1. The Labute approximate surface area is 96.3 Å². The van der Waals surface area contributed by atoms with Crippen molar-refractivity contribution in [3.63, 3.8) is 0 Å². The molecule has 0 fully saturated rings. The van der Waals surface area contributed by atoms with Crippen molar-refractivity contribution < 1.29 is 19.4 Å². The number of carbonyl (C=O) groups excluding carboxylic acids is 1. The van der Waals surface area contributed by atoms with E-state index in [1.807, 2.05) is 0 Å². The second-order valence-corrected chi connectivity index (χ2v) is 3.83. The third kappa shape index (κ3) is 4.26. The average molecular weight is 244 g/mol. The van der Waals surface area contributed by atoms with Crippen molar-refractivity contribution in [1.29, 1.82) is 0 Å². The Bertz CT molecular complexity index is 377. The molecule has 0 spiro atoms. The summed E-state index contributed by atoms with van der Waals surface area (Å²) in [5, 5.41) is 13.7. The predicted octanol–water partition coefficient (Wildman–Crippen LogP) is 0.745. The predicted molar refractivity (Wildman–Crippen MR) is 58.6 cm³/mol. The molecule has 0 amide bonds. The second kappa shape index (κ2) is 6.06. The van der Waals surface area contributed by atoms with E-state index in [4.69, 9.17) is 5.11 Å². The molecule has 2 N–H and O–H groups in total. The minimum absolute atomic E-state index is 0.0881. The van der Waals surface area contributed by atoms with E-state index in [0.29, 0.717) is 17.4 Å². The summed E-state index contributed by atoms with van der Waals surface area (Å²) in [6.45, 7) is 0.423. The lowest BCUT2D eigenvalue weighted by Gasteiger charge is -2.00. The molecule has 0 aliphatic carbocycles. The van der Waals surface area contributed by atoms with Crippen molar-refractivity contribution >= 4 is 28.4 Å². The smallest absolute Gasteiger partial charge is 0.309 e. The monoisotopic (exact) mass is 244 g/mol. The maximum Gasteiger partial charge on any atom is 0.309 e. The molecule has 6 nitrogen and oxygen atoms in total. The van der Waals surface area contributed by atoms with Gasteiger partial charge in [-0.2, -0.15) is 0 Å². The number of carboxylic acid groups (broad SMARTS) is 1. The highest BCUT2D eigenvalue weighted by Gasteiger charge is 2.06. The zero-order valence-electron chi connectivity index (χ0n) is 8.73. The van der Waals surface area contributed by atoms with Gasteiger partial charge in [-0.25, -0.2) is 4.98 Å². The van der Waals surface area contributed by atoms with Crippen LogP contribution in [0.4, 0.5) is 5.13 Å². The van der Waals surface area contributed by atoms with Crippen LogP contribution < -0.4 is 5.32 Å². The number of methoxy groups -OCH3 is 1. The van der Waals surface area contributed by atoms with Crippen molar-refractivity contribution in [2.45, 2.75) is 12.8 Å². The van der Waals surface area contributed by atoms with Crippen LogP contribution in [0.2, 0.25) is 0 Å². The van der Waals surface area contributed by atoms with Crippen LogP contribution in [0, 0.1) is 0 Å². The summed E-state index contributed by atoms with van der Waals surface area (Å²) in [5.74, 6) is -1.21. The number of hydrogen-bond acceptors (Lipinski definition) is 6. The number of anilines is 1. The number of rotatable bonds is 6. The average Bonchev–Trinajstić information content (AvgIpc) is 2.64. The number of nitrogens with zero attached hydrogens (tertiary/aromatic N) is 1. The first-order valence-corrected chi connectivity index (χ1v) is 5.46. The third-order valence-electron chi connectivity index (χ3n) is 1.72. The largest absolute Gasteiger partial charge is 0.481 e. The summed E-state index contributed by atoms with van der Waals surface area (Å²) in [4.78, 5) is 25.2. The van der Waals surface area contributed by atoms with Gasteiger partial charge < -0.3 is 15.2 Å². The van der Waals surface area contributed by atoms with E-state index in [-0.39, 0.29) is 18.8 Å². The van der Waals surface area contributed by atoms with Crippen LogP contribution in [-0.4, -0.2) is 35.7 Å². The number of nitrogens with one attached hydrogen (secondary N) is 1. The number of ether oxygens (including phenoxy) is 1. The molecule has 0 aliphatic rings. The summed E-state index contributed by atoms with van der Waals surface area (Å²) in [6.07, 6.45) is 0.166. The van der Waals surface area contributed by atoms with Gasteiger partial charge >= 0.3 is 11.9 Å². The van der Waals surface area contributed by atoms with Crippen LogP contribution >= 0.6 is 11.3 Å². The molecule has 0 atom stereocenters. The van der Waals surface area contributed by atoms with E-state index < -0.39 is 5.97 Å². The Morgan fingerprint density at radius 2 is 2.38 bits per heavy atom. The fourth-order valence-corrected chi connectivity index (χ4v) is 1.74. The Balaban J connectivity index is 2.34. The highest BCUT2D eigenvalue weighted by atomic mass is 32.1. The molecular weight excluding hydrogens is 232 g/mol. The van der Waals surface area contributed by atoms with E-state index >= 15 is 0 Å². The molecular formula is C9H12N2O4S. The van der Waals surface area contributed by atoms with Crippen molar-refractivity contribution in [2.75, 3.05) is 19.0 Å². The van der Waals surface area contributed by atoms with Gasteiger partial charge in [-0.15, -0.1) is 11.3 Å². The van der Waals surface area contributed by atoms with Crippen LogP contribution in [0.5, 0.6) is 0 Å². The van der Waals surface area contributed by atoms with E-state index in [1.54, 1.807) is 5.38 Å². The van der Waals surface area contributed by atoms with Gasteiger partial charge in [0.15, 0.2) is 5.13 Å². The molecule has 0 bridgehead atoms. The van der Waals surface area contributed by atoms with Gasteiger partial charge in [-0.05, 0) is 0 Å². The normalized spacial score (nSPS) is 9.81. The molecule has 0 saturated carbocycles. The van der Waals surface area contributed by atoms with Crippen LogP contribution in [-0.2, 0) is 20.7 Å². The number of carbonyl (C=O) groups is 2. The molecule has 1 heterocycles. The fraction of sp³-hybridized carbons (Fsp3) is 0.444. The molecule has 0 unspecified atom stereocenters. The van der Waals surface area contributed by atoms with Gasteiger partial charge in [-0.3, -0.25) is 9.59 Å². The van der Waals surface area contributed by atoms with Crippen LogP contribution in [0.3, 0.4) is 0 Å². The highest BCUT2D eigenvalue weighted by Crippen LogP contribution is 2.15. The SMILES string of the molecule is COC(=O)CCNc1nc(CC(=O)O)cs1. The maximum atomic E-state index is 10.8. The molecule has 0 radical (unpaired) electrons. The molecule has 1 rings (SSSR count). The lowest BCUT2D eigenvalue weighted by molar-refractivity contribution is -0.140. The lowest BCUT2D eigenvalue weighted by atomic mass is 10.3. The van der Waals surface area contributed by atoms with E-state index in [2.05, 4.69) is 15.0 Å². The van der Waals surface area contributed by atoms with Gasteiger partial charge in [0.2, 0.25) is 0 Å². The molecule has 0 aromatic carbocycles. The van der Waals surface area contributed by atoms with Gasteiger partial charge in [0, 0.05) is 11.9 Å². The lowest BCUT2D eigenvalue weighted by Crippen LogP contribution is -2.09. The summed E-state index contributed by atoms with van der Waals surface area (Å²) in [5.41, 5.74) is 0.512. The number of aliphatic carboxylic acids is 1. The van der Waals surface area contributed by atoms with Gasteiger partial charge in [-0.1, -0.05) is 0 Å². The van der Waals surface area contributed by atoms with Gasteiger partial charge in [0.25, 0.3) is 0 Å². The Morgan fingerprint density at radius 3 is 3.00 bits per heavy atom. The zero-order valence-corrected chi connectivity index (χ0v) is 9.54. The second-order valence-electron chi connectivity index (χ2n) is 2.97. The zero-order chi connectivity index (χ0) is 12.0. The topological polar surface area (TPSA) is 88.5 Å². The Kier molecular flexibility index (Phi) is 4.71. The van der Waals surface area contributed by atoms with E-state index in [9.17, 15) is 9.59 Å². The number of carboxylic acids is 1. The maximum absolute atomic E-state index is 10.8. The quantitative estimate of drug-likeness (QED) is 0.718. The van der Waals surface area contributed by atoms with Gasteiger partial charge in [0.05, 0.1) is 25.6 Å². The highest BCUT2D eigenvalue weighted by molar-refractivity contribution is 7.13. The van der Waals surface area contributed by atoms with E-state index in [1.165, 1.54) is 18.4 Å². The number of aromatic nitrogens is 1. The summed E-state index contributed by atoms with van der Waals surface area (Å²) in [7, 11) is 1.33. The van der Waals surface area contributed by atoms with E-state index in [0.717, 1.165) is 0 Å². The standard InChI is InChI=1S/C9H12N2O4S/c1-15-8(14)2-3-10-9-11-6(5-16-9)4-7(12)13/h5H,2-4H2,1H3,(H,10,11)(H,12,13). The summed E-state index contributed by atoms with van der Waals surface area (Å²) in [6, 6.07) is 0. The Hall–Kier alpha value is -1.63. The molecule has 7 heteroatoms. The number of hydrogen-bond donors (Lipinski definition) is 2. The fourth-order valence-electron chi connectivity index (χ4n) is 0.998. The number of esters is 1. The van der Waals surface area contributed by atoms with Crippen LogP contribution in [0.1, 0.15) is 12.1 Å². The minimum Gasteiger partial charge on any atom is -0.481 e. The summed E-state index contributed by atoms with van der Waals surface area (Å²) >= 11 is 1.31. The minimum atomic E-state index is -0.911. The third-order valence-corrected chi connectivity index (χ3v) is 2.57. The van der Waals surface area contributed by atoms with Crippen molar-refractivity contribution in [1.82, 2.24) is 4.98 Å². The first kappa shape index (κ1) is 12.4. The van der Waals surface area contributed by atoms with Crippen molar-refractivity contribution in [2.24, 2.45) is 0 Å². The van der Waals surface area contributed by atoms with Crippen molar-refractivity contribution in [3.8, 4) is 0 Å². The van der Waals surface area contributed by atoms with Gasteiger partial charge in [0.1, 0.15) is 0 Å². The molecule has 1 aromatic rings. The van der Waals surface area contributed by atoms with Crippen LogP contribution in [0.25, 0.3) is 0 Å². The molecule has 0 aliphatic heterocycles.